The van der Waals surface area contributed by atoms with Crippen LogP contribution in [0.5, 0.6) is 0 Å². The van der Waals surface area contributed by atoms with Crippen molar-refractivity contribution in [1.29, 1.82) is 0 Å². The predicted molar refractivity (Wildman–Crippen MR) is 131 cm³/mol. The van der Waals surface area contributed by atoms with Gasteiger partial charge in [-0.2, -0.15) is 0 Å². The topological polar surface area (TPSA) is 74.8 Å². The highest BCUT2D eigenvalue weighted by molar-refractivity contribution is 8.23. The molecular formula is C21H26N4O3S3. The number of benzene rings is 1. The molecule has 10 heteroatoms. The Bertz CT molecular complexity index is 898. The summed E-state index contributed by atoms with van der Waals surface area (Å²) in [5.41, 5.74) is 1.81. The number of thioether (sulfide) groups is 1. The summed E-state index contributed by atoms with van der Waals surface area (Å²) < 4.78 is 5.65. The molecule has 1 amide bonds. The number of para-hydroxylation sites is 1. The first-order chi connectivity index (χ1) is 15.0. The molecule has 1 aromatic heterocycles. The molecule has 1 fully saturated rings. The largest absolute Gasteiger partial charge is 0.466 e. The predicted octanol–water partition coefficient (Wildman–Crippen LogP) is 3.42. The van der Waals surface area contributed by atoms with Crippen molar-refractivity contribution in [3.8, 4) is 0 Å². The van der Waals surface area contributed by atoms with Crippen molar-refractivity contribution in [1.82, 2.24) is 9.88 Å². The maximum Gasteiger partial charge on any atom is 0.311 e. The number of ether oxygens (including phenoxy) is 1. The Morgan fingerprint density at radius 2 is 1.97 bits per heavy atom. The van der Waals surface area contributed by atoms with Gasteiger partial charge in [0, 0.05) is 37.2 Å². The molecule has 0 spiro atoms. The standard InChI is InChI=1S/C21H26N4O3S3/c1-3-28-18(26)13-16-14-30-20(22-16)23-19(27)15(2)31-21(29)25-11-9-24(10-12-25)17-7-5-4-6-8-17/h4-8,14-15H,3,9-13H2,1-2H3,(H,22,23,27). The molecule has 1 aliphatic rings. The molecule has 0 radical (unpaired) electrons. The van der Waals surface area contributed by atoms with Crippen LogP contribution in [0, 0.1) is 0 Å². The van der Waals surface area contributed by atoms with Crippen LogP contribution in [0.15, 0.2) is 35.7 Å². The summed E-state index contributed by atoms with van der Waals surface area (Å²) in [7, 11) is 0. The van der Waals surface area contributed by atoms with Gasteiger partial charge in [0.05, 0.1) is 24.0 Å². The molecule has 1 aromatic carbocycles. The Morgan fingerprint density at radius 1 is 1.26 bits per heavy atom. The number of nitrogens with one attached hydrogen (secondary N) is 1. The van der Waals surface area contributed by atoms with Crippen LogP contribution in [0.2, 0.25) is 0 Å². The molecule has 0 bridgehead atoms. The van der Waals surface area contributed by atoms with E-state index in [9.17, 15) is 9.59 Å². The van der Waals surface area contributed by atoms with Gasteiger partial charge < -0.3 is 19.9 Å². The fraction of sp³-hybridized carbons (Fsp3) is 0.429. The number of hydrogen-bond donors (Lipinski definition) is 1. The zero-order chi connectivity index (χ0) is 22.2. The van der Waals surface area contributed by atoms with Crippen LogP contribution in [0.3, 0.4) is 0 Å². The van der Waals surface area contributed by atoms with Gasteiger partial charge in [-0.1, -0.05) is 42.2 Å². The summed E-state index contributed by atoms with van der Waals surface area (Å²) in [5.74, 6) is -0.486. The van der Waals surface area contributed by atoms with E-state index in [0.29, 0.717) is 17.4 Å². The number of carbonyl (C=O) groups is 2. The molecule has 1 unspecified atom stereocenters. The third-order valence-corrected chi connectivity index (χ3v) is 7.10. The Hall–Kier alpha value is -2.17. The zero-order valence-electron chi connectivity index (χ0n) is 17.6. The second kappa shape index (κ2) is 11.4. The summed E-state index contributed by atoms with van der Waals surface area (Å²) >= 11 is 8.27. The van der Waals surface area contributed by atoms with Crippen molar-refractivity contribution >= 4 is 62.3 Å². The van der Waals surface area contributed by atoms with Crippen molar-refractivity contribution < 1.29 is 14.3 Å². The number of anilines is 2. The highest BCUT2D eigenvalue weighted by Crippen LogP contribution is 2.23. The van der Waals surface area contributed by atoms with Gasteiger partial charge in [0.15, 0.2) is 5.13 Å². The number of esters is 1. The van der Waals surface area contributed by atoms with Gasteiger partial charge in [-0.05, 0) is 26.0 Å². The van der Waals surface area contributed by atoms with Crippen molar-refractivity contribution in [2.45, 2.75) is 25.5 Å². The third-order valence-electron chi connectivity index (χ3n) is 4.72. The number of nitrogens with zero attached hydrogens (tertiary/aromatic N) is 3. The van der Waals surface area contributed by atoms with E-state index in [4.69, 9.17) is 17.0 Å². The Morgan fingerprint density at radius 3 is 2.65 bits per heavy atom. The van der Waals surface area contributed by atoms with Gasteiger partial charge in [-0.25, -0.2) is 4.98 Å². The molecule has 0 aliphatic carbocycles. The lowest BCUT2D eigenvalue weighted by molar-refractivity contribution is -0.142. The molecule has 1 saturated heterocycles. The molecule has 2 aromatic rings. The number of amides is 1. The van der Waals surface area contributed by atoms with Crippen molar-refractivity contribution in [2.24, 2.45) is 0 Å². The summed E-state index contributed by atoms with van der Waals surface area (Å²) in [6, 6.07) is 10.3. The molecule has 1 N–H and O–H groups in total. The van der Waals surface area contributed by atoms with Crippen molar-refractivity contribution in [3.63, 3.8) is 0 Å². The van der Waals surface area contributed by atoms with E-state index < -0.39 is 0 Å². The molecule has 3 rings (SSSR count). The lowest BCUT2D eigenvalue weighted by Gasteiger charge is -2.37. The number of piperazine rings is 1. The highest BCUT2D eigenvalue weighted by atomic mass is 32.2. The first-order valence-electron chi connectivity index (χ1n) is 10.1. The van der Waals surface area contributed by atoms with Crippen LogP contribution in [-0.2, 0) is 20.7 Å². The minimum absolute atomic E-state index is 0.101. The Labute approximate surface area is 196 Å². The molecule has 1 atom stereocenters. The molecule has 2 heterocycles. The van der Waals surface area contributed by atoms with Gasteiger partial charge in [-0.3, -0.25) is 9.59 Å². The summed E-state index contributed by atoms with van der Waals surface area (Å²) in [6.07, 6.45) is 0.101. The summed E-state index contributed by atoms with van der Waals surface area (Å²) in [4.78, 5) is 32.9. The molecule has 31 heavy (non-hydrogen) atoms. The van der Waals surface area contributed by atoms with Crippen molar-refractivity contribution in [3.05, 3.63) is 41.4 Å². The van der Waals surface area contributed by atoms with Crippen molar-refractivity contribution in [2.75, 3.05) is 43.0 Å². The van der Waals surface area contributed by atoms with Gasteiger partial charge in [0.25, 0.3) is 0 Å². The minimum atomic E-state index is -0.350. The number of thiocarbonyl (C=S) groups is 1. The van der Waals surface area contributed by atoms with E-state index in [2.05, 4.69) is 32.2 Å². The highest BCUT2D eigenvalue weighted by Gasteiger charge is 2.23. The van der Waals surface area contributed by atoms with Gasteiger partial charge >= 0.3 is 5.97 Å². The second-order valence-corrected chi connectivity index (χ2v) is 9.78. The minimum Gasteiger partial charge on any atom is -0.466 e. The quantitative estimate of drug-likeness (QED) is 0.479. The van der Waals surface area contributed by atoms with Crippen LogP contribution < -0.4 is 10.2 Å². The number of rotatable bonds is 7. The fourth-order valence-electron chi connectivity index (χ4n) is 3.08. The van der Waals surface area contributed by atoms with E-state index >= 15 is 0 Å². The summed E-state index contributed by atoms with van der Waals surface area (Å²) in [5, 5.41) is 4.69. The Kier molecular flexibility index (Phi) is 8.68. The van der Waals surface area contributed by atoms with Crippen LogP contribution in [0.25, 0.3) is 0 Å². The smallest absolute Gasteiger partial charge is 0.311 e. The van der Waals surface area contributed by atoms with Gasteiger partial charge in [0.2, 0.25) is 5.91 Å². The fourth-order valence-corrected chi connectivity index (χ4v) is 5.21. The number of hydrogen-bond acceptors (Lipinski definition) is 8. The Balaban J connectivity index is 1.44. The van der Waals surface area contributed by atoms with E-state index in [0.717, 1.165) is 30.5 Å². The van der Waals surface area contributed by atoms with Crippen LogP contribution in [0.1, 0.15) is 19.5 Å². The number of aromatic nitrogens is 1. The third kappa shape index (κ3) is 6.91. The molecule has 166 valence electrons. The van der Waals surface area contributed by atoms with Crippen LogP contribution in [0.4, 0.5) is 10.8 Å². The average Bonchev–Trinajstić information content (AvgIpc) is 3.21. The molecule has 1 aliphatic heterocycles. The SMILES string of the molecule is CCOC(=O)Cc1csc(NC(=O)C(C)SC(=S)N2CCN(c3ccccc3)CC2)n1. The lowest BCUT2D eigenvalue weighted by Crippen LogP contribution is -2.48. The van der Waals surface area contributed by atoms with Crippen LogP contribution >= 0.6 is 35.3 Å². The van der Waals surface area contributed by atoms with E-state index in [1.54, 1.807) is 12.3 Å². The normalized spacial score (nSPS) is 14.8. The molecule has 0 saturated carbocycles. The molecule has 7 nitrogen and oxygen atoms in total. The van der Waals surface area contributed by atoms with Gasteiger partial charge in [-0.15, -0.1) is 11.3 Å². The van der Waals surface area contributed by atoms with Crippen LogP contribution in [-0.4, -0.2) is 64.1 Å². The summed E-state index contributed by atoms with van der Waals surface area (Å²) in [6.45, 7) is 7.39. The zero-order valence-corrected chi connectivity index (χ0v) is 20.0. The molecular weight excluding hydrogens is 452 g/mol. The maximum absolute atomic E-state index is 12.6. The number of carbonyl (C=O) groups excluding carboxylic acids is 2. The van der Waals surface area contributed by atoms with E-state index in [1.165, 1.54) is 28.8 Å². The van der Waals surface area contributed by atoms with E-state index in [-0.39, 0.29) is 23.5 Å². The first kappa shape index (κ1) is 23.5. The monoisotopic (exact) mass is 478 g/mol. The second-order valence-electron chi connectivity index (χ2n) is 6.95. The average molecular weight is 479 g/mol. The van der Waals surface area contributed by atoms with Gasteiger partial charge in [0.1, 0.15) is 4.32 Å². The maximum atomic E-state index is 12.6. The lowest BCUT2D eigenvalue weighted by atomic mass is 10.2. The number of thiazole rings is 1. The first-order valence-corrected chi connectivity index (χ1v) is 12.3. The van der Waals surface area contributed by atoms with E-state index in [1.807, 2.05) is 25.1 Å².